The summed E-state index contributed by atoms with van der Waals surface area (Å²) >= 11 is 1.70. The van der Waals surface area contributed by atoms with Crippen LogP contribution < -0.4 is 0 Å². The molecule has 1 amide bonds. The lowest BCUT2D eigenvalue weighted by Gasteiger charge is -2.43. The second-order valence-electron chi connectivity index (χ2n) is 6.42. The smallest absolute Gasteiger partial charge is 0.223 e. The Labute approximate surface area is 140 Å². The van der Waals surface area contributed by atoms with Gasteiger partial charge in [0.15, 0.2) is 0 Å². The van der Waals surface area contributed by atoms with Gasteiger partial charge in [-0.25, -0.2) is 4.98 Å². The molecule has 1 saturated carbocycles. The Hall–Kier alpha value is -1.46. The Bertz CT molecular complexity index is 664. The van der Waals surface area contributed by atoms with Crippen LogP contribution in [0.5, 0.6) is 0 Å². The van der Waals surface area contributed by atoms with Crippen LogP contribution in [0.4, 0.5) is 0 Å². The van der Waals surface area contributed by atoms with Crippen molar-refractivity contribution in [2.75, 3.05) is 13.2 Å². The predicted octanol–water partition coefficient (Wildman–Crippen LogP) is 3.40. The van der Waals surface area contributed by atoms with Crippen LogP contribution in [-0.2, 0) is 16.0 Å². The van der Waals surface area contributed by atoms with Gasteiger partial charge in [-0.1, -0.05) is 25.0 Å². The lowest BCUT2D eigenvalue weighted by Crippen LogP contribution is -2.54. The van der Waals surface area contributed by atoms with Crippen molar-refractivity contribution in [3.05, 3.63) is 29.3 Å². The van der Waals surface area contributed by atoms with Crippen LogP contribution in [0.15, 0.2) is 24.3 Å². The average Bonchev–Trinajstić information content (AvgIpc) is 3.02. The number of amides is 1. The molecular weight excluding hydrogens is 308 g/mol. The Morgan fingerprint density at radius 2 is 2.17 bits per heavy atom. The van der Waals surface area contributed by atoms with Crippen LogP contribution in [0.2, 0.25) is 0 Å². The van der Waals surface area contributed by atoms with Crippen LogP contribution in [0, 0.1) is 0 Å². The van der Waals surface area contributed by atoms with Gasteiger partial charge in [-0.3, -0.25) is 4.79 Å². The maximum Gasteiger partial charge on any atom is 0.223 e. The molecule has 1 unspecified atom stereocenters. The molecule has 1 aromatic heterocycles. The van der Waals surface area contributed by atoms with E-state index in [0.717, 1.165) is 36.3 Å². The lowest BCUT2D eigenvalue weighted by molar-refractivity contribution is -0.149. The molecule has 0 bridgehead atoms. The third-order valence-electron chi connectivity index (χ3n) is 4.94. The second kappa shape index (κ2) is 6.57. The number of ether oxygens (including phenoxy) is 1. The number of fused-ring (bicyclic) bond motifs is 2. The Kier molecular flexibility index (Phi) is 4.31. The number of carbonyl (C=O) groups is 1. The summed E-state index contributed by atoms with van der Waals surface area (Å²) in [5, 5.41) is 1.06. The summed E-state index contributed by atoms with van der Waals surface area (Å²) in [6.07, 6.45) is 6.21. The molecular formula is C18H22N2O2S. The molecule has 0 radical (unpaired) electrons. The fourth-order valence-electron chi connectivity index (χ4n) is 3.79. The highest BCUT2D eigenvalue weighted by molar-refractivity contribution is 7.18. The van der Waals surface area contributed by atoms with E-state index in [1.807, 2.05) is 18.2 Å². The van der Waals surface area contributed by atoms with Gasteiger partial charge in [-0.05, 0) is 25.0 Å². The number of thiazole rings is 1. The van der Waals surface area contributed by atoms with E-state index in [1.54, 1.807) is 11.3 Å². The minimum Gasteiger partial charge on any atom is -0.374 e. The predicted molar refractivity (Wildman–Crippen MR) is 91.7 cm³/mol. The number of nitrogens with zero attached hydrogens (tertiary/aromatic N) is 2. The molecule has 5 heteroatoms. The van der Waals surface area contributed by atoms with Gasteiger partial charge in [0, 0.05) is 19.4 Å². The highest BCUT2D eigenvalue weighted by atomic mass is 32.1. The zero-order valence-corrected chi connectivity index (χ0v) is 14.1. The lowest BCUT2D eigenvalue weighted by atomic mass is 9.90. The minimum atomic E-state index is 0.268. The van der Waals surface area contributed by atoms with Crippen molar-refractivity contribution in [3.63, 3.8) is 0 Å². The molecule has 0 N–H and O–H groups in total. The van der Waals surface area contributed by atoms with E-state index in [1.165, 1.54) is 17.5 Å². The Morgan fingerprint density at radius 1 is 1.30 bits per heavy atom. The third kappa shape index (κ3) is 3.12. The van der Waals surface area contributed by atoms with Crippen LogP contribution in [0.1, 0.15) is 37.1 Å². The molecule has 2 heterocycles. The van der Waals surface area contributed by atoms with E-state index in [-0.39, 0.29) is 12.0 Å². The van der Waals surface area contributed by atoms with Crippen molar-refractivity contribution in [2.24, 2.45) is 0 Å². The van der Waals surface area contributed by atoms with Crippen molar-refractivity contribution in [1.29, 1.82) is 0 Å². The third-order valence-corrected chi connectivity index (χ3v) is 6.04. The zero-order chi connectivity index (χ0) is 15.6. The first-order chi connectivity index (χ1) is 11.3. The SMILES string of the molecule is O=C(CCc1nc2ccccc2s1)N1CCO[C@@H]2CCCCC21. The van der Waals surface area contributed by atoms with Crippen molar-refractivity contribution >= 4 is 27.5 Å². The van der Waals surface area contributed by atoms with Crippen molar-refractivity contribution < 1.29 is 9.53 Å². The minimum absolute atomic E-state index is 0.268. The molecule has 2 fully saturated rings. The normalized spacial score (nSPS) is 24.6. The van der Waals surface area contributed by atoms with Gasteiger partial charge in [-0.15, -0.1) is 11.3 Å². The summed E-state index contributed by atoms with van der Waals surface area (Å²) in [5.74, 6) is 0.268. The van der Waals surface area contributed by atoms with Crippen molar-refractivity contribution in [2.45, 2.75) is 50.7 Å². The van der Waals surface area contributed by atoms with Crippen LogP contribution in [0.25, 0.3) is 10.2 Å². The number of aromatic nitrogens is 1. The molecule has 2 atom stereocenters. The molecule has 23 heavy (non-hydrogen) atoms. The van der Waals surface area contributed by atoms with Gasteiger partial charge in [0.05, 0.1) is 34.0 Å². The largest absolute Gasteiger partial charge is 0.374 e. The summed E-state index contributed by atoms with van der Waals surface area (Å²) in [4.78, 5) is 19.4. The second-order valence-corrected chi connectivity index (χ2v) is 7.54. The number of carbonyl (C=O) groups excluding carboxylic acids is 1. The first kappa shape index (κ1) is 15.1. The number of rotatable bonds is 3. The number of morpholine rings is 1. The summed E-state index contributed by atoms with van der Waals surface area (Å²) in [6.45, 7) is 1.44. The zero-order valence-electron chi connectivity index (χ0n) is 13.2. The highest BCUT2D eigenvalue weighted by Gasteiger charge is 2.36. The number of hydrogen-bond acceptors (Lipinski definition) is 4. The van der Waals surface area contributed by atoms with Gasteiger partial charge in [0.2, 0.25) is 5.91 Å². The van der Waals surface area contributed by atoms with Crippen molar-refractivity contribution in [3.8, 4) is 0 Å². The summed E-state index contributed by atoms with van der Waals surface area (Å²) in [6, 6.07) is 8.47. The molecule has 4 nitrogen and oxygen atoms in total. The summed E-state index contributed by atoms with van der Waals surface area (Å²) < 4.78 is 7.06. The fraction of sp³-hybridized carbons (Fsp3) is 0.556. The quantitative estimate of drug-likeness (QED) is 0.866. The summed E-state index contributed by atoms with van der Waals surface area (Å²) in [5.41, 5.74) is 1.04. The average molecular weight is 330 g/mol. The first-order valence-electron chi connectivity index (χ1n) is 8.57. The van der Waals surface area contributed by atoms with E-state index in [9.17, 15) is 4.79 Å². The standard InChI is InChI=1S/C18H22N2O2S/c21-18(20-11-12-22-15-7-3-2-6-14(15)20)10-9-17-19-13-5-1-4-8-16(13)23-17/h1,4-5,8,14-15H,2-3,6-7,9-12H2/t14?,15-/m1/s1. The fourth-order valence-corrected chi connectivity index (χ4v) is 4.76. The topological polar surface area (TPSA) is 42.4 Å². The van der Waals surface area contributed by atoms with E-state index in [4.69, 9.17) is 4.74 Å². The van der Waals surface area contributed by atoms with Gasteiger partial charge >= 0.3 is 0 Å². The number of para-hydroxylation sites is 1. The van der Waals surface area contributed by atoms with Gasteiger partial charge in [0.1, 0.15) is 0 Å². The van der Waals surface area contributed by atoms with E-state index in [2.05, 4.69) is 16.0 Å². The molecule has 0 spiro atoms. The molecule has 122 valence electrons. The van der Waals surface area contributed by atoms with Crippen LogP contribution >= 0.6 is 11.3 Å². The van der Waals surface area contributed by atoms with E-state index < -0.39 is 0 Å². The van der Waals surface area contributed by atoms with Gasteiger partial charge < -0.3 is 9.64 Å². The van der Waals surface area contributed by atoms with Gasteiger partial charge in [-0.2, -0.15) is 0 Å². The summed E-state index contributed by atoms with van der Waals surface area (Å²) in [7, 11) is 0. The first-order valence-corrected chi connectivity index (χ1v) is 9.38. The van der Waals surface area contributed by atoms with E-state index in [0.29, 0.717) is 19.1 Å². The van der Waals surface area contributed by atoms with Gasteiger partial charge in [0.25, 0.3) is 0 Å². The highest BCUT2D eigenvalue weighted by Crippen LogP contribution is 2.29. The molecule has 2 aromatic rings. The van der Waals surface area contributed by atoms with Crippen molar-refractivity contribution in [1.82, 2.24) is 9.88 Å². The molecule has 4 rings (SSSR count). The molecule has 1 saturated heterocycles. The maximum atomic E-state index is 12.7. The molecule has 2 aliphatic rings. The number of hydrogen-bond donors (Lipinski definition) is 0. The Morgan fingerprint density at radius 3 is 3.09 bits per heavy atom. The van der Waals surface area contributed by atoms with Crippen LogP contribution in [-0.4, -0.2) is 41.1 Å². The Balaban J connectivity index is 1.40. The molecule has 1 aliphatic carbocycles. The van der Waals surface area contributed by atoms with E-state index >= 15 is 0 Å². The number of aryl methyl sites for hydroxylation is 1. The number of benzene rings is 1. The molecule has 1 aromatic carbocycles. The van der Waals surface area contributed by atoms with Crippen LogP contribution in [0.3, 0.4) is 0 Å². The molecule has 1 aliphatic heterocycles. The monoisotopic (exact) mass is 330 g/mol. The maximum absolute atomic E-state index is 12.7.